The zero-order chi connectivity index (χ0) is 26.0. The SMILES string of the molecule is CNCC(CC1(F)CCCCC1)NC(=O)N1CCC[C@@H]([C@@H](OCCNC(=O)O)c2cccc(Cl)c2)C1. The fourth-order valence-electron chi connectivity index (χ4n) is 5.49. The Hall–Kier alpha value is -2.10. The van der Waals surface area contributed by atoms with E-state index in [9.17, 15) is 9.59 Å². The first-order chi connectivity index (χ1) is 17.3. The number of ether oxygens (including phenoxy) is 1. The fraction of sp³-hybridized carbons (Fsp3) is 0.692. The molecule has 1 heterocycles. The molecular formula is C26H40ClFN4O4. The van der Waals surface area contributed by atoms with Crippen LogP contribution in [0.5, 0.6) is 0 Å². The van der Waals surface area contributed by atoms with Gasteiger partial charge in [0.15, 0.2) is 0 Å². The van der Waals surface area contributed by atoms with Gasteiger partial charge in [-0.2, -0.15) is 0 Å². The molecule has 2 aliphatic rings. The number of hydrogen-bond acceptors (Lipinski definition) is 4. The zero-order valence-corrected chi connectivity index (χ0v) is 21.9. The zero-order valence-electron chi connectivity index (χ0n) is 21.1. The minimum atomic E-state index is -1.22. The third-order valence-corrected chi connectivity index (χ3v) is 7.40. The summed E-state index contributed by atoms with van der Waals surface area (Å²) >= 11 is 6.23. The van der Waals surface area contributed by atoms with E-state index >= 15 is 4.39 Å². The molecule has 3 rings (SSSR count). The number of likely N-dealkylation sites (N-methyl/N-ethyl adjacent to an activating group) is 1. The molecule has 1 aromatic carbocycles. The van der Waals surface area contributed by atoms with Crippen molar-refractivity contribution in [2.75, 3.05) is 39.8 Å². The molecule has 36 heavy (non-hydrogen) atoms. The molecule has 10 heteroatoms. The first kappa shape index (κ1) is 28.5. The molecule has 1 aliphatic carbocycles. The summed E-state index contributed by atoms with van der Waals surface area (Å²) in [5, 5.41) is 17.9. The topological polar surface area (TPSA) is 103 Å². The van der Waals surface area contributed by atoms with Crippen molar-refractivity contribution in [3.05, 3.63) is 34.9 Å². The smallest absolute Gasteiger partial charge is 0.404 e. The Labute approximate surface area is 218 Å². The number of rotatable bonds is 11. The van der Waals surface area contributed by atoms with E-state index in [0.29, 0.717) is 43.9 Å². The number of nitrogens with zero attached hydrogens (tertiary/aromatic N) is 1. The van der Waals surface area contributed by atoms with Gasteiger partial charge in [0.1, 0.15) is 5.67 Å². The molecule has 1 saturated heterocycles. The van der Waals surface area contributed by atoms with E-state index < -0.39 is 11.8 Å². The van der Waals surface area contributed by atoms with Gasteiger partial charge in [0, 0.05) is 49.6 Å². The first-order valence-electron chi connectivity index (χ1n) is 13.0. The molecular weight excluding hydrogens is 487 g/mol. The molecule has 0 radical (unpaired) electrons. The summed E-state index contributed by atoms with van der Waals surface area (Å²) in [6.07, 6.45) is 4.56. The van der Waals surface area contributed by atoms with Gasteiger partial charge in [-0.1, -0.05) is 43.0 Å². The van der Waals surface area contributed by atoms with Crippen LogP contribution in [-0.4, -0.2) is 73.7 Å². The van der Waals surface area contributed by atoms with Crippen LogP contribution in [0.4, 0.5) is 14.0 Å². The second-order valence-electron chi connectivity index (χ2n) is 10.0. The lowest BCUT2D eigenvalue weighted by Crippen LogP contribution is -2.53. The maximum Gasteiger partial charge on any atom is 0.404 e. The fourth-order valence-corrected chi connectivity index (χ4v) is 5.69. The van der Waals surface area contributed by atoms with Gasteiger partial charge >= 0.3 is 12.1 Å². The molecule has 0 bridgehead atoms. The van der Waals surface area contributed by atoms with E-state index in [1.54, 1.807) is 11.0 Å². The molecule has 4 N–H and O–H groups in total. The maximum absolute atomic E-state index is 15.4. The van der Waals surface area contributed by atoms with Crippen LogP contribution < -0.4 is 16.0 Å². The predicted octanol–water partition coefficient (Wildman–Crippen LogP) is 4.74. The molecule has 3 atom stereocenters. The van der Waals surface area contributed by atoms with E-state index in [0.717, 1.165) is 37.7 Å². The number of carboxylic acid groups (broad SMARTS) is 1. The van der Waals surface area contributed by atoms with Gasteiger partial charge < -0.3 is 30.7 Å². The van der Waals surface area contributed by atoms with Crippen LogP contribution in [0.2, 0.25) is 5.02 Å². The van der Waals surface area contributed by atoms with Crippen molar-refractivity contribution in [1.82, 2.24) is 20.9 Å². The number of carbonyl (C=O) groups excluding carboxylic acids is 1. The van der Waals surface area contributed by atoms with E-state index in [1.165, 1.54) is 0 Å². The average Bonchev–Trinajstić information content (AvgIpc) is 2.84. The van der Waals surface area contributed by atoms with Crippen LogP contribution in [0, 0.1) is 5.92 Å². The van der Waals surface area contributed by atoms with Gasteiger partial charge in [0.05, 0.1) is 12.7 Å². The number of amides is 3. The minimum absolute atomic E-state index is 0.0152. The summed E-state index contributed by atoms with van der Waals surface area (Å²) in [4.78, 5) is 25.8. The van der Waals surface area contributed by atoms with Gasteiger partial charge in [0.2, 0.25) is 0 Å². The number of halogens is 2. The van der Waals surface area contributed by atoms with Crippen molar-refractivity contribution in [3.8, 4) is 0 Å². The molecule has 1 unspecified atom stereocenters. The quantitative estimate of drug-likeness (QED) is 0.312. The Bertz CT molecular complexity index is 855. The molecule has 1 saturated carbocycles. The maximum atomic E-state index is 15.4. The number of hydrogen-bond donors (Lipinski definition) is 4. The Morgan fingerprint density at radius 1 is 1.28 bits per heavy atom. The van der Waals surface area contributed by atoms with Gasteiger partial charge in [-0.05, 0) is 50.4 Å². The minimum Gasteiger partial charge on any atom is -0.465 e. The van der Waals surface area contributed by atoms with Gasteiger partial charge in [-0.25, -0.2) is 14.0 Å². The first-order valence-corrected chi connectivity index (χ1v) is 13.4. The summed E-state index contributed by atoms with van der Waals surface area (Å²) in [7, 11) is 1.81. The van der Waals surface area contributed by atoms with Crippen LogP contribution in [0.25, 0.3) is 0 Å². The van der Waals surface area contributed by atoms with Gasteiger partial charge in [0.25, 0.3) is 0 Å². The molecule has 3 amide bonds. The van der Waals surface area contributed by atoms with E-state index in [-0.39, 0.29) is 37.2 Å². The van der Waals surface area contributed by atoms with Crippen molar-refractivity contribution in [2.24, 2.45) is 5.92 Å². The van der Waals surface area contributed by atoms with Crippen molar-refractivity contribution in [2.45, 2.75) is 69.2 Å². The lowest BCUT2D eigenvalue weighted by molar-refractivity contribution is -0.00864. The highest BCUT2D eigenvalue weighted by Gasteiger charge is 2.36. The lowest BCUT2D eigenvalue weighted by Gasteiger charge is -2.38. The predicted molar refractivity (Wildman–Crippen MR) is 138 cm³/mol. The number of carbonyl (C=O) groups is 2. The number of alkyl halides is 1. The third kappa shape index (κ3) is 8.78. The summed E-state index contributed by atoms with van der Waals surface area (Å²) in [6, 6.07) is 6.97. The van der Waals surface area contributed by atoms with E-state index in [1.807, 2.05) is 25.2 Å². The molecule has 1 aromatic rings. The molecule has 0 spiro atoms. The summed E-state index contributed by atoms with van der Waals surface area (Å²) in [5.74, 6) is 0.0152. The number of nitrogens with one attached hydrogen (secondary N) is 3. The number of likely N-dealkylation sites (tertiary alicyclic amines) is 1. The third-order valence-electron chi connectivity index (χ3n) is 7.17. The highest BCUT2D eigenvalue weighted by molar-refractivity contribution is 6.30. The average molecular weight is 527 g/mol. The van der Waals surface area contributed by atoms with Gasteiger partial charge in [-0.15, -0.1) is 0 Å². The van der Waals surface area contributed by atoms with Crippen molar-refractivity contribution in [3.63, 3.8) is 0 Å². The second-order valence-corrected chi connectivity index (χ2v) is 10.5. The van der Waals surface area contributed by atoms with Crippen LogP contribution in [0.15, 0.2) is 24.3 Å². The Morgan fingerprint density at radius 3 is 2.75 bits per heavy atom. The summed E-state index contributed by atoms with van der Waals surface area (Å²) < 4.78 is 21.5. The van der Waals surface area contributed by atoms with Crippen LogP contribution in [0.1, 0.15) is 63.0 Å². The summed E-state index contributed by atoms with van der Waals surface area (Å²) in [6.45, 7) is 2.00. The van der Waals surface area contributed by atoms with Crippen molar-refractivity contribution in [1.29, 1.82) is 0 Å². The Kier molecular flexibility index (Phi) is 11.1. The van der Waals surface area contributed by atoms with Crippen LogP contribution in [0.3, 0.4) is 0 Å². The standard InChI is InChI=1S/C26H40ClFN4O4/c1-29-17-22(16-26(28)10-3-2-4-11-26)31-24(33)32-13-6-8-20(18-32)23(36-14-12-30-25(34)35)19-7-5-9-21(27)15-19/h5,7,9,15,20,22-23,29-30H,2-4,6,8,10-14,16-18H2,1H3,(H,31,33)(H,34,35)/t20-,22?,23+/m1/s1. The second kappa shape index (κ2) is 14.0. The normalized spacial score (nSPS) is 21.4. The van der Waals surface area contributed by atoms with Gasteiger partial charge in [-0.3, -0.25) is 0 Å². The van der Waals surface area contributed by atoms with E-state index in [2.05, 4.69) is 16.0 Å². The van der Waals surface area contributed by atoms with Crippen molar-refractivity contribution >= 4 is 23.7 Å². The molecule has 1 aliphatic heterocycles. The van der Waals surface area contributed by atoms with Crippen molar-refractivity contribution < 1.29 is 23.8 Å². The van der Waals surface area contributed by atoms with Crippen LogP contribution in [-0.2, 0) is 4.74 Å². The highest BCUT2D eigenvalue weighted by atomic mass is 35.5. The number of benzene rings is 1. The summed E-state index contributed by atoms with van der Waals surface area (Å²) in [5.41, 5.74) is -0.317. The molecule has 202 valence electrons. The molecule has 2 fully saturated rings. The lowest BCUT2D eigenvalue weighted by atomic mass is 9.82. The van der Waals surface area contributed by atoms with E-state index in [4.69, 9.17) is 21.4 Å². The largest absolute Gasteiger partial charge is 0.465 e. The Balaban J connectivity index is 1.64. The molecule has 8 nitrogen and oxygen atoms in total. The number of piperidine rings is 1. The Morgan fingerprint density at radius 2 is 2.06 bits per heavy atom. The molecule has 0 aromatic heterocycles. The van der Waals surface area contributed by atoms with Crippen LogP contribution >= 0.6 is 11.6 Å². The number of urea groups is 1. The monoisotopic (exact) mass is 526 g/mol. The highest BCUT2D eigenvalue weighted by Crippen LogP contribution is 2.36.